The van der Waals surface area contributed by atoms with E-state index in [1.54, 1.807) is 0 Å². The van der Waals surface area contributed by atoms with Crippen molar-refractivity contribution in [2.75, 3.05) is 4.90 Å². The number of benzene rings is 5. The molecule has 0 bridgehead atoms. The summed E-state index contributed by atoms with van der Waals surface area (Å²) < 4.78 is 0. The molecule has 0 aliphatic heterocycles. The second-order valence-corrected chi connectivity index (χ2v) is 13.3. The van der Waals surface area contributed by atoms with Gasteiger partial charge >= 0.3 is 0 Å². The molecule has 0 atom stereocenters. The average molecular weight is 536 g/mol. The maximum Gasteiger partial charge on any atom is 0.0467 e. The van der Waals surface area contributed by atoms with E-state index in [1.807, 2.05) is 0 Å². The fraction of sp³-hybridized carbons (Fsp3) is 0.250. The summed E-state index contributed by atoms with van der Waals surface area (Å²) in [6.07, 6.45) is 0. The molecule has 6 rings (SSSR count). The lowest BCUT2D eigenvalue weighted by Crippen LogP contribution is -2.42. The summed E-state index contributed by atoms with van der Waals surface area (Å²) >= 11 is 0. The number of rotatable bonds is 5. The Balaban J connectivity index is 1.54. The largest absolute Gasteiger partial charge is 0.310 e. The summed E-state index contributed by atoms with van der Waals surface area (Å²) in [6.45, 7) is 16.7. The van der Waals surface area contributed by atoms with Gasteiger partial charge in [-0.15, -0.1) is 0 Å². The van der Waals surface area contributed by atoms with Gasteiger partial charge in [0.2, 0.25) is 0 Å². The van der Waals surface area contributed by atoms with Crippen molar-refractivity contribution in [3.8, 4) is 22.3 Å². The molecule has 0 unspecified atom stereocenters. The van der Waals surface area contributed by atoms with Crippen molar-refractivity contribution in [2.24, 2.45) is 5.41 Å². The summed E-state index contributed by atoms with van der Waals surface area (Å²) in [5, 5.41) is 0. The minimum atomic E-state index is 0.0309. The molecule has 0 amide bonds. The normalized spacial score (nSPS) is 16.3. The van der Waals surface area contributed by atoms with Crippen LogP contribution in [0.4, 0.5) is 17.1 Å². The van der Waals surface area contributed by atoms with Crippen LogP contribution in [-0.4, -0.2) is 0 Å². The Hall–Kier alpha value is -4.10. The molecule has 1 aliphatic rings. The van der Waals surface area contributed by atoms with Crippen molar-refractivity contribution in [3.05, 3.63) is 138 Å². The van der Waals surface area contributed by atoms with Crippen LogP contribution in [0, 0.1) is 12.3 Å². The standard InChI is InChI=1S/C40H41N/c1-28-19-21-30(22-20-28)32-16-12-18-34(26-32)41(33-17-11-15-31(25-33)29-13-9-8-10-14-29)35-23-24-36-37(27-35)39(4,5)40(6,7)38(36,2)3/h8-27H,1-7H3. The van der Waals surface area contributed by atoms with E-state index in [0.29, 0.717) is 0 Å². The number of aryl methyl sites for hydroxylation is 1. The Morgan fingerprint density at radius 1 is 0.415 bits per heavy atom. The quantitative estimate of drug-likeness (QED) is 0.216. The van der Waals surface area contributed by atoms with Crippen molar-refractivity contribution in [1.82, 2.24) is 0 Å². The number of hydrogen-bond donors (Lipinski definition) is 0. The summed E-state index contributed by atoms with van der Waals surface area (Å²) in [5.74, 6) is 0. The molecule has 5 aromatic rings. The van der Waals surface area contributed by atoms with Crippen LogP contribution in [0.15, 0.2) is 121 Å². The van der Waals surface area contributed by atoms with E-state index < -0.39 is 0 Å². The summed E-state index contributed by atoms with van der Waals surface area (Å²) in [7, 11) is 0. The molecular formula is C40H41N. The molecule has 0 N–H and O–H groups in total. The maximum absolute atomic E-state index is 2.46. The van der Waals surface area contributed by atoms with Crippen molar-refractivity contribution >= 4 is 17.1 Å². The van der Waals surface area contributed by atoms with Crippen LogP contribution in [0.3, 0.4) is 0 Å². The monoisotopic (exact) mass is 535 g/mol. The van der Waals surface area contributed by atoms with Crippen molar-refractivity contribution < 1.29 is 0 Å². The fourth-order valence-corrected chi connectivity index (χ4v) is 6.66. The molecule has 206 valence electrons. The van der Waals surface area contributed by atoms with Gasteiger partial charge < -0.3 is 4.90 Å². The predicted octanol–water partition coefficient (Wildman–Crippen LogP) is 11.4. The highest BCUT2D eigenvalue weighted by molar-refractivity contribution is 5.83. The Kier molecular flexibility index (Phi) is 6.46. The number of anilines is 3. The molecule has 0 heterocycles. The van der Waals surface area contributed by atoms with Crippen molar-refractivity contribution in [2.45, 2.75) is 59.3 Å². The Bertz CT molecular complexity index is 1700. The van der Waals surface area contributed by atoms with Gasteiger partial charge in [-0.2, -0.15) is 0 Å². The summed E-state index contributed by atoms with van der Waals surface area (Å²) in [5.41, 5.74) is 12.8. The topological polar surface area (TPSA) is 3.24 Å². The Morgan fingerprint density at radius 2 is 0.902 bits per heavy atom. The Morgan fingerprint density at radius 3 is 1.49 bits per heavy atom. The predicted molar refractivity (Wildman–Crippen MR) is 177 cm³/mol. The van der Waals surface area contributed by atoms with E-state index in [0.717, 1.165) is 11.4 Å². The van der Waals surface area contributed by atoms with E-state index in [-0.39, 0.29) is 16.2 Å². The highest BCUT2D eigenvalue weighted by Crippen LogP contribution is 2.62. The van der Waals surface area contributed by atoms with Gasteiger partial charge in [0, 0.05) is 17.1 Å². The van der Waals surface area contributed by atoms with Gasteiger partial charge in [0.1, 0.15) is 0 Å². The van der Waals surface area contributed by atoms with Crippen molar-refractivity contribution in [3.63, 3.8) is 0 Å². The lowest BCUT2D eigenvalue weighted by molar-refractivity contribution is 0.125. The van der Waals surface area contributed by atoms with Crippen LogP contribution in [0.25, 0.3) is 22.3 Å². The van der Waals surface area contributed by atoms with Gasteiger partial charge in [-0.25, -0.2) is 0 Å². The van der Waals surface area contributed by atoms with Crippen LogP contribution in [0.1, 0.15) is 58.2 Å². The first-order valence-corrected chi connectivity index (χ1v) is 14.8. The zero-order valence-electron chi connectivity index (χ0n) is 25.5. The lowest BCUT2D eigenvalue weighted by atomic mass is 9.59. The fourth-order valence-electron chi connectivity index (χ4n) is 6.66. The molecular weight excluding hydrogens is 494 g/mol. The van der Waals surface area contributed by atoms with Gasteiger partial charge in [-0.3, -0.25) is 0 Å². The van der Waals surface area contributed by atoms with Gasteiger partial charge in [0.15, 0.2) is 0 Å². The third kappa shape index (κ3) is 4.39. The second kappa shape index (κ2) is 9.77. The first-order chi connectivity index (χ1) is 19.5. The third-order valence-electron chi connectivity index (χ3n) is 10.4. The van der Waals surface area contributed by atoms with Gasteiger partial charge in [0.05, 0.1) is 0 Å². The van der Waals surface area contributed by atoms with Gasteiger partial charge in [-0.1, -0.05) is 132 Å². The zero-order valence-corrected chi connectivity index (χ0v) is 25.5. The molecule has 1 aliphatic carbocycles. The first kappa shape index (κ1) is 27.1. The van der Waals surface area contributed by atoms with Gasteiger partial charge in [0.25, 0.3) is 0 Å². The molecule has 0 saturated carbocycles. The molecule has 1 heteroatoms. The van der Waals surface area contributed by atoms with Crippen LogP contribution >= 0.6 is 0 Å². The van der Waals surface area contributed by atoms with Crippen LogP contribution in [-0.2, 0) is 10.8 Å². The number of nitrogens with zero attached hydrogens (tertiary/aromatic N) is 1. The Labute approximate surface area is 246 Å². The molecule has 0 aromatic heterocycles. The number of fused-ring (bicyclic) bond motifs is 1. The maximum atomic E-state index is 2.46. The SMILES string of the molecule is Cc1ccc(-c2cccc(N(c3cccc(-c4ccccc4)c3)c3ccc4c(c3)C(C)(C)C(C)(C)C4(C)C)c2)cc1. The van der Waals surface area contributed by atoms with E-state index in [1.165, 1.54) is 44.6 Å². The molecule has 41 heavy (non-hydrogen) atoms. The first-order valence-electron chi connectivity index (χ1n) is 14.8. The van der Waals surface area contributed by atoms with Gasteiger partial charge in [-0.05, 0) is 92.9 Å². The smallest absolute Gasteiger partial charge is 0.0467 e. The summed E-state index contributed by atoms with van der Waals surface area (Å²) in [6, 6.07) is 44.5. The lowest BCUT2D eigenvalue weighted by Gasteiger charge is -2.44. The molecule has 5 aromatic carbocycles. The van der Waals surface area contributed by atoms with Crippen LogP contribution in [0.2, 0.25) is 0 Å². The highest BCUT2D eigenvalue weighted by atomic mass is 15.1. The minimum Gasteiger partial charge on any atom is -0.310 e. The van der Waals surface area contributed by atoms with E-state index >= 15 is 0 Å². The molecule has 1 nitrogen and oxygen atoms in total. The van der Waals surface area contributed by atoms with E-state index in [4.69, 9.17) is 0 Å². The zero-order chi connectivity index (χ0) is 29.0. The number of hydrogen-bond acceptors (Lipinski definition) is 1. The van der Waals surface area contributed by atoms with Crippen molar-refractivity contribution in [1.29, 1.82) is 0 Å². The molecule has 0 spiro atoms. The second-order valence-electron chi connectivity index (χ2n) is 13.3. The van der Waals surface area contributed by atoms with E-state index in [9.17, 15) is 0 Å². The molecule has 0 saturated heterocycles. The third-order valence-corrected chi connectivity index (χ3v) is 10.4. The molecule has 0 radical (unpaired) electrons. The molecule has 0 fully saturated rings. The summed E-state index contributed by atoms with van der Waals surface area (Å²) in [4.78, 5) is 2.43. The van der Waals surface area contributed by atoms with Crippen LogP contribution in [0.5, 0.6) is 0 Å². The van der Waals surface area contributed by atoms with Crippen LogP contribution < -0.4 is 4.90 Å². The minimum absolute atomic E-state index is 0.0309. The average Bonchev–Trinajstić information content (AvgIpc) is 3.08. The van der Waals surface area contributed by atoms with E-state index in [2.05, 4.69) is 175 Å². The highest BCUT2D eigenvalue weighted by Gasteiger charge is 2.56.